The molecule has 0 saturated heterocycles. The van der Waals surface area contributed by atoms with Gasteiger partial charge in [-0.05, 0) is 31.4 Å². The third-order valence-corrected chi connectivity index (χ3v) is 3.03. The van der Waals surface area contributed by atoms with Crippen LogP contribution < -0.4 is 14.8 Å². The van der Waals surface area contributed by atoms with Crippen LogP contribution in [0.2, 0.25) is 0 Å². The van der Waals surface area contributed by atoms with Gasteiger partial charge in [0.1, 0.15) is 11.5 Å². The van der Waals surface area contributed by atoms with Crippen molar-refractivity contribution in [1.82, 2.24) is 5.32 Å². The third-order valence-electron chi connectivity index (χ3n) is 3.03. The van der Waals surface area contributed by atoms with Crippen LogP contribution in [0.3, 0.4) is 0 Å². The maximum atomic E-state index is 5.95. The second-order valence-electron chi connectivity index (χ2n) is 5.43. The van der Waals surface area contributed by atoms with Crippen molar-refractivity contribution >= 4 is 0 Å². The van der Waals surface area contributed by atoms with Gasteiger partial charge in [0, 0.05) is 18.2 Å². The summed E-state index contributed by atoms with van der Waals surface area (Å²) < 4.78 is 11.6. The minimum absolute atomic E-state index is 0.659. The molecule has 0 aliphatic heterocycles. The van der Waals surface area contributed by atoms with E-state index in [1.807, 2.05) is 12.1 Å². The van der Waals surface area contributed by atoms with Gasteiger partial charge in [0.05, 0.1) is 13.2 Å². The molecule has 0 aliphatic carbocycles. The van der Waals surface area contributed by atoms with Crippen molar-refractivity contribution in [3.63, 3.8) is 0 Å². The van der Waals surface area contributed by atoms with Crippen molar-refractivity contribution in [2.75, 3.05) is 19.8 Å². The summed E-state index contributed by atoms with van der Waals surface area (Å²) in [5.74, 6) is 2.50. The quantitative estimate of drug-likeness (QED) is 0.702. The summed E-state index contributed by atoms with van der Waals surface area (Å²) in [5, 5.41) is 3.35. The molecule has 0 aliphatic rings. The van der Waals surface area contributed by atoms with E-state index in [0.717, 1.165) is 50.6 Å². The van der Waals surface area contributed by atoms with Crippen molar-refractivity contribution in [1.29, 1.82) is 0 Å². The summed E-state index contributed by atoms with van der Waals surface area (Å²) >= 11 is 0. The molecule has 3 nitrogen and oxygen atoms in total. The zero-order valence-corrected chi connectivity index (χ0v) is 13.4. The van der Waals surface area contributed by atoms with E-state index in [1.54, 1.807) is 0 Å². The van der Waals surface area contributed by atoms with E-state index in [-0.39, 0.29) is 0 Å². The molecular formula is C17H29NO2. The summed E-state index contributed by atoms with van der Waals surface area (Å²) in [5.41, 5.74) is 1.19. The van der Waals surface area contributed by atoms with E-state index < -0.39 is 0 Å². The third kappa shape index (κ3) is 6.29. The van der Waals surface area contributed by atoms with Gasteiger partial charge in [-0.25, -0.2) is 0 Å². The fourth-order valence-electron chi connectivity index (χ4n) is 1.79. The van der Waals surface area contributed by atoms with Crippen LogP contribution in [0.25, 0.3) is 0 Å². The second-order valence-corrected chi connectivity index (χ2v) is 5.43. The van der Waals surface area contributed by atoms with E-state index in [0.29, 0.717) is 5.92 Å². The van der Waals surface area contributed by atoms with Crippen LogP contribution in [0.15, 0.2) is 18.2 Å². The lowest BCUT2D eigenvalue weighted by Crippen LogP contribution is -2.13. The van der Waals surface area contributed by atoms with E-state index >= 15 is 0 Å². The van der Waals surface area contributed by atoms with Gasteiger partial charge in [-0.1, -0.05) is 33.8 Å². The number of benzene rings is 1. The monoisotopic (exact) mass is 279 g/mol. The van der Waals surface area contributed by atoms with Crippen LogP contribution >= 0.6 is 0 Å². The molecule has 1 N–H and O–H groups in total. The molecule has 114 valence electrons. The molecule has 0 spiro atoms. The molecule has 0 bridgehead atoms. The van der Waals surface area contributed by atoms with Crippen molar-refractivity contribution in [3.05, 3.63) is 23.8 Å². The Morgan fingerprint density at radius 2 is 1.90 bits per heavy atom. The largest absolute Gasteiger partial charge is 0.493 e. The molecule has 0 saturated carbocycles. The predicted molar refractivity (Wildman–Crippen MR) is 84.6 cm³/mol. The summed E-state index contributed by atoms with van der Waals surface area (Å²) in [6.45, 7) is 11.9. The van der Waals surface area contributed by atoms with Gasteiger partial charge < -0.3 is 14.8 Å². The number of hydrogen-bond acceptors (Lipinski definition) is 3. The first-order valence-electron chi connectivity index (χ1n) is 7.76. The molecule has 0 fully saturated rings. The van der Waals surface area contributed by atoms with Crippen molar-refractivity contribution in [2.45, 2.75) is 47.1 Å². The molecule has 0 heterocycles. The highest BCUT2D eigenvalue weighted by Gasteiger charge is 2.06. The average molecular weight is 279 g/mol. The first kappa shape index (κ1) is 16.8. The zero-order valence-electron chi connectivity index (χ0n) is 13.4. The lowest BCUT2D eigenvalue weighted by atomic mass is 10.1. The Kier molecular flexibility index (Phi) is 8.12. The van der Waals surface area contributed by atoms with Crippen LogP contribution in [0.4, 0.5) is 0 Å². The minimum atomic E-state index is 0.659. The molecule has 0 aromatic heterocycles. The average Bonchev–Trinajstić information content (AvgIpc) is 2.43. The highest BCUT2D eigenvalue weighted by atomic mass is 16.5. The van der Waals surface area contributed by atoms with Gasteiger partial charge in [-0.2, -0.15) is 0 Å². The van der Waals surface area contributed by atoms with Crippen molar-refractivity contribution in [3.8, 4) is 11.5 Å². The smallest absolute Gasteiger partial charge is 0.127 e. The fraction of sp³-hybridized carbons (Fsp3) is 0.647. The van der Waals surface area contributed by atoms with Crippen molar-refractivity contribution < 1.29 is 9.47 Å². The zero-order chi connectivity index (χ0) is 14.8. The van der Waals surface area contributed by atoms with Crippen LogP contribution in [-0.4, -0.2) is 19.8 Å². The summed E-state index contributed by atoms with van der Waals surface area (Å²) in [6.07, 6.45) is 2.09. The highest BCUT2D eigenvalue weighted by molar-refractivity contribution is 5.40. The Morgan fingerprint density at radius 3 is 2.55 bits per heavy atom. The van der Waals surface area contributed by atoms with E-state index in [4.69, 9.17) is 9.47 Å². The number of rotatable bonds is 10. The van der Waals surface area contributed by atoms with Gasteiger partial charge in [0.15, 0.2) is 0 Å². The predicted octanol–water partition coefficient (Wildman–Crippen LogP) is 4.01. The first-order valence-corrected chi connectivity index (χ1v) is 7.76. The standard InChI is InChI=1S/C17H29NO2/c1-5-10-19-16-8-7-15(13-18-6-2)17(12-16)20-11-9-14(3)4/h7-8,12,14,18H,5-6,9-11,13H2,1-4H3. The first-order chi connectivity index (χ1) is 9.67. The fourth-order valence-corrected chi connectivity index (χ4v) is 1.79. The molecule has 0 atom stereocenters. The Hall–Kier alpha value is -1.22. The van der Waals surface area contributed by atoms with E-state index in [9.17, 15) is 0 Å². The topological polar surface area (TPSA) is 30.5 Å². The molecule has 1 aromatic carbocycles. The van der Waals surface area contributed by atoms with Crippen LogP contribution in [0.1, 0.15) is 46.1 Å². The van der Waals surface area contributed by atoms with Crippen LogP contribution in [0, 0.1) is 5.92 Å². The molecule has 0 unspecified atom stereocenters. The van der Waals surface area contributed by atoms with Crippen LogP contribution in [-0.2, 0) is 6.54 Å². The Balaban J connectivity index is 2.71. The van der Waals surface area contributed by atoms with E-state index in [2.05, 4.69) is 39.1 Å². The Labute approximate surface area is 123 Å². The Morgan fingerprint density at radius 1 is 1.10 bits per heavy atom. The summed E-state index contributed by atoms with van der Waals surface area (Å²) in [7, 11) is 0. The maximum absolute atomic E-state index is 5.95. The van der Waals surface area contributed by atoms with Gasteiger partial charge in [-0.3, -0.25) is 0 Å². The van der Waals surface area contributed by atoms with Gasteiger partial charge in [0.25, 0.3) is 0 Å². The van der Waals surface area contributed by atoms with Crippen molar-refractivity contribution in [2.24, 2.45) is 5.92 Å². The highest BCUT2D eigenvalue weighted by Crippen LogP contribution is 2.25. The molecule has 1 rings (SSSR count). The summed E-state index contributed by atoms with van der Waals surface area (Å²) in [4.78, 5) is 0. The summed E-state index contributed by atoms with van der Waals surface area (Å²) in [6, 6.07) is 6.14. The lowest BCUT2D eigenvalue weighted by molar-refractivity contribution is 0.280. The number of ether oxygens (including phenoxy) is 2. The maximum Gasteiger partial charge on any atom is 0.127 e. The molecule has 3 heteroatoms. The molecule has 20 heavy (non-hydrogen) atoms. The normalized spacial score (nSPS) is 10.8. The van der Waals surface area contributed by atoms with E-state index in [1.165, 1.54) is 5.56 Å². The number of nitrogens with one attached hydrogen (secondary N) is 1. The van der Waals surface area contributed by atoms with Crippen LogP contribution in [0.5, 0.6) is 11.5 Å². The number of hydrogen-bond donors (Lipinski definition) is 1. The molecule has 1 aromatic rings. The van der Waals surface area contributed by atoms with Gasteiger partial charge >= 0.3 is 0 Å². The minimum Gasteiger partial charge on any atom is -0.493 e. The Bertz CT molecular complexity index is 377. The molecular weight excluding hydrogens is 250 g/mol. The SMILES string of the molecule is CCCOc1ccc(CNCC)c(OCCC(C)C)c1. The van der Waals surface area contributed by atoms with Gasteiger partial charge in [-0.15, -0.1) is 0 Å². The second kappa shape index (κ2) is 9.65. The molecule has 0 radical (unpaired) electrons. The van der Waals surface area contributed by atoms with Gasteiger partial charge in [0.2, 0.25) is 0 Å². The molecule has 0 amide bonds. The lowest BCUT2D eigenvalue weighted by Gasteiger charge is -2.15.